The number of rotatable bonds is 52. The van der Waals surface area contributed by atoms with E-state index in [1.54, 1.807) is 13.8 Å². The molecule has 0 saturated heterocycles. The van der Waals surface area contributed by atoms with Crippen LogP contribution in [0.2, 0.25) is 0 Å². The van der Waals surface area contributed by atoms with Crippen LogP contribution in [0.15, 0.2) is 0 Å². The third-order valence-corrected chi connectivity index (χ3v) is 14.3. The number of nitrogens with two attached hydrogens (primary N) is 4. The van der Waals surface area contributed by atoms with Gasteiger partial charge in [0.15, 0.2) is 0 Å². The van der Waals surface area contributed by atoms with Crippen LogP contribution in [-0.4, -0.2) is 157 Å². The van der Waals surface area contributed by atoms with E-state index in [1.165, 1.54) is 51.4 Å². The molecule has 0 aromatic carbocycles. The third kappa shape index (κ3) is 37.9. The van der Waals surface area contributed by atoms with Gasteiger partial charge in [0.2, 0.25) is 35.4 Å². The fourth-order valence-corrected chi connectivity index (χ4v) is 9.37. The molecule has 16 N–H and O–H groups in total. The van der Waals surface area contributed by atoms with Crippen molar-refractivity contribution in [2.45, 2.75) is 243 Å². The van der Waals surface area contributed by atoms with E-state index in [2.05, 4.69) is 38.8 Å². The lowest BCUT2D eigenvalue weighted by molar-refractivity contribution is -0.157. The Morgan fingerprint density at radius 3 is 1.19 bits per heavy atom. The summed E-state index contributed by atoms with van der Waals surface area (Å²) >= 11 is 1.13. The number of amides is 6. The highest BCUT2D eigenvalue weighted by molar-refractivity contribution is 7.99. The van der Waals surface area contributed by atoms with Crippen molar-refractivity contribution in [3.8, 4) is 0 Å². The molecule has 0 aromatic heterocycles. The Balaban J connectivity index is 6.35. The number of carboxylic acid groups (broad SMARTS) is 1. The molecule has 7 atom stereocenters. The zero-order chi connectivity index (χ0) is 59.1. The molecule has 0 fully saturated rings. The van der Waals surface area contributed by atoms with Gasteiger partial charge in [0, 0.05) is 30.8 Å². The van der Waals surface area contributed by atoms with Gasteiger partial charge in [-0.25, -0.2) is 4.79 Å². The highest BCUT2D eigenvalue weighted by Crippen LogP contribution is 2.16. The number of hydrogen-bond donors (Lipinski definition) is 12. The first-order chi connectivity index (χ1) is 38.0. The lowest BCUT2D eigenvalue weighted by atomic mass is 10.0. The molecule has 6 amide bonds. The lowest BCUT2D eigenvalue weighted by Gasteiger charge is -2.27. The minimum Gasteiger partial charge on any atom is -0.480 e. The molecule has 0 aliphatic heterocycles. The summed E-state index contributed by atoms with van der Waals surface area (Å²) in [6, 6.07) is -7.83. The molecule has 0 saturated carbocycles. The Kier molecular flexibility index (Phi) is 46.3. The van der Waals surface area contributed by atoms with Gasteiger partial charge < -0.3 is 74.5 Å². The fourth-order valence-electron chi connectivity index (χ4n) is 8.33. The number of aliphatic carboxylic acids is 1. The Bertz CT molecular complexity index is 1720. The maximum Gasteiger partial charge on any atom is 0.326 e. The van der Waals surface area contributed by atoms with Crippen molar-refractivity contribution >= 4 is 65.1 Å². The number of unbranched alkanes of at least 4 members (excludes halogenated alkanes) is 16. The van der Waals surface area contributed by atoms with E-state index >= 15 is 0 Å². The van der Waals surface area contributed by atoms with Crippen molar-refractivity contribution in [1.29, 1.82) is 0 Å². The number of carbonyl (C=O) groups is 9. The molecule has 79 heavy (non-hydrogen) atoms. The van der Waals surface area contributed by atoms with Crippen LogP contribution in [0.1, 0.15) is 201 Å². The van der Waals surface area contributed by atoms with Gasteiger partial charge in [-0.1, -0.05) is 97.8 Å². The van der Waals surface area contributed by atoms with E-state index < -0.39 is 102 Å². The van der Waals surface area contributed by atoms with Crippen LogP contribution in [0.5, 0.6) is 0 Å². The maximum atomic E-state index is 14.2. The fraction of sp³-hybridized carbons (Fsp3) is 0.836. The van der Waals surface area contributed by atoms with E-state index in [9.17, 15) is 53.4 Å². The first-order valence-electron chi connectivity index (χ1n) is 29.4. The smallest absolute Gasteiger partial charge is 0.326 e. The average Bonchev–Trinajstić information content (AvgIpc) is 3.43. The summed E-state index contributed by atoms with van der Waals surface area (Å²) in [5.74, 6) is -6.69. The quantitative estimate of drug-likeness (QED) is 0.0308. The number of esters is 2. The second kappa shape index (κ2) is 49.2. The van der Waals surface area contributed by atoms with E-state index in [4.69, 9.17) is 32.4 Å². The number of aliphatic hydroxyl groups excluding tert-OH is 1. The van der Waals surface area contributed by atoms with E-state index in [0.717, 1.165) is 37.4 Å². The monoisotopic (exact) mass is 1140 g/mol. The predicted octanol–water partition coefficient (Wildman–Crippen LogP) is 2.98. The van der Waals surface area contributed by atoms with Crippen LogP contribution in [0, 0.1) is 0 Å². The standard InChI is InChI=1S/C55H104N10O13S/c1-4-7-8-9-10-11-12-13-14-15-16-17-18-31-47(67)60-46(39-79-38-40(78-49(69)6-3)37-77-48(68)5-2)54(74)65-45(36-66)53(73)63-42(28-20-24-33-57)51(71)61-41(27-19-23-32-56)50(70)62-43(29-21-25-34-58)52(72)64-44(55(75)76)30-22-26-35-59/h40-46,66H,4-39,56-59H2,1-3H3,(H,60,67)(H,61,71)(H,62,70)(H,63,73)(H,64,72)(H,65,74)(H,75,76)/t40?,41-,42-,43-,44-,45-,46+/m0/s1. The molecule has 0 aromatic rings. The summed E-state index contributed by atoms with van der Waals surface area (Å²) in [5.41, 5.74) is 22.8. The van der Waals surface area contributed by atoms with Gasteiger partial charge in [-0.05, 0) is 110 Å². The van der Waals surface area contributed by atoms with E-state index in [-0.39, 0.29) is 76.1 Å². The summed E-state index contributed by atoms with van der Waals surface area (Å²) in [6.07, 6.45) is 18.0. The molecule has 0 spiro atoms. The molecule has 0 aliphatic rings. The highest BCUT2D eigenvalue weighted by atomic mass is 32.2. The minimum atomic E-state index is -1.61. The largest absolute Gasteiger partial charge is 0.480 e. The Labute approximate surface area is 474 Å². The summed E-state index contributed by atoms with van der Waals surface area (Å²) in [6.45, 7) is 5.52. The molecule has 23 nitrogen and oxygen atoms in total. The number of thioether (sulfide) groups is 1. The summed E-state index contributed by atoms with van der Waals surface area (Å²) in [5, 5.41) is 36.1. The number of nitrogens with one attached hydrogen (secondary N) is 6. The summed E-state index contributed by atoms with van der Waals surface area (Å²) < 4.78 is 10.7. The van der Waals surface area contributed by atoms with Gasteiger partial charge in [0.05, 0.1) is 6.61 Å². The first-order valence-corrected chi connectivity index (χ1v) is 30.6. The van der Waals surface area contributed by atoms with Crippen LogP contribution >= 0.6 is 11.8 Å². The molecule has 458 valence electrons. The number of aliphatic hydroxyl groups is 1. The molecule has 1 unspecified atom stereocenters. The van der Waals surface area contributed by atoms with Crippen LogP contribution in [0.4, 0.5) is 0 Å². The normalized spacial score (nSPS) is 13.8. The van der Waals surface area contributed by atoms with Crippen molar-refractivity contribution in [3.63, 3.8) is 0 Å². The van der Waals surface area contributed by atoms with Crippen molar-refractivity contribution < 1.29 is 62.8 Å². The van der Waals surface area contributed by atoms with Crippen molar-refractivity contribution in [1.82, 2.24) is 31.9 Å². The Hall–Kier alpha value is -4.62. The second-order valence-corrected chi connectivity index (χ2v) is 21.2. The van der Waals surface area contributed by atoms with Gasteiger partial charge in [-0.15, -0.1) is 0 Å². The van der Waals surface area contributed by atoms with Gasteiger partial charge in [-0.2, -0.15) is 11.8 Å². The number of carboxylic acids is 1. The minimum absolute atomic E-state index is 0.0364. The van der Waals surface area contributed by atoms with E-state index in [0.29, 0.717) is 70.9 Å². The molecule has 0 rings (SSSR count). The highest BCUT2D eigenvalue weighted by Gasteiger charge is 2.33. The first kappa shape index (κ1) is 74.4. The Morgan fingerprint density at radius 1 is 0.430 bits per heavy atom. The topological polar surface area (TPSA) is 389 Å². The maximum absolute atomic E-state index is 14.2. The van der Waals surface area contributed by atoms with Crippen LogP contribution in [-0.2, 0) is 52.6 Å². The molecule has 0 heterocycles. The van der Waals surface area contributed by atoms with Gasteiger partial charge >= 0.3 is 17.9 Å². The van der Waals surface area contributed by atoms with Crippen molar-refractivity contribution in [3.05, 3.63) is 0 Å². The van der Waals surface area contributed by atoms with Crippen LogP contribution in [0.3, 0.4) is 0 Å². The molecule has 24 heteroatoms. The van der Waals surface area contributed by atoms with E-state index in [1.807, 2.05) is 0 Å². The SMILES string of the molecule is CCCCCCCCCCCCCCCC(=O)N[C@H](CSCC(COC(=O)CC)OC(=O)CC)C(=O)N[C@@H](CO)C(=O)N[C@@H](CCCCN)C(=O)N[C@@H](CCCCN)C(=O)N[C@@H](CCCCN)C(=O)N[C@@H](CCCCN)C(=O)O. The zero-order valence-corrected chi connectivity index (χ0v) is 48.9. The third-order valence-electron chi connectivity index (χ3n) is 13.2. The molecular weight excluding hydrogens is 1040 g/mol. The summed E-state index contributed by atoms with van der Waals surface area (Å²) in [4.78, 5) is 119. The molecule has 0 radical (unpaired) electrons. The number of ether oxygens (including phenoxy) is 2. The van der Waals surface area contributed by atoms with Crippen LogP contribution < -0.4 is 54.8 Å². The zero-order valence-electron chi connectivity index (χ0n) is 48.1. The molecule has 0 aliphatic carbocycles. The average molecular weight is 1150 g/mol. The van der Waals surface area contributed by atoms with Gasteiger partial charge in [-0.3, -0.25) is 38.4 Å². The summed E-state index contributed by atoms with van der Waals surface area (Å²) in [7, 11) is 0. The molecular formula is C55H104N10O13S. The number of carbonyl (C=O) groups excluding carboxylic acids is 8. The number of hydrogen-bond acceptors (Lipinski definition) is 17. The van der Waals surface area contributed by atoms with Crippen molar-refractivity contribution in [2.24, 2.45) is 22.9 Å². The predicted molar refractivity (Wildman–Crippen MR) is 307 cm³/mol. The second-order valence-electron chi connectivity index (χ2n) is 20.1. The van der Waals surface area contributed by atoms with Crippen LogP contribution in [0.25, 0.3) is 0 Å². The molecule has 0 bridgehead atoms. The van der Waals surface area contributed by atoms with Gasteiger partial charge in [0.1, 0.15) is 49.0 Å². The van der Waals surface area contributed by atoms with Gasteiger partial charge in [0.25, 0.3) is 0 Å². The lowest BCUT2D eigenvalue weighted by Crippen LogP contribution is -2.60. The Morgan fingerprint density at radius 2 is 0.797 bits per heavy atom. The van der Waals surface area contributed by atoms with Crippen molar-refractivity contribution in [2.75, 3.05) is 50.9 Å².